The largest absolute Gasteiger partial charge is 0.494 e. The zero-order valence-corrected chi connectivity index (χ0v) is 12.3. The van der Waals surface area contributed by atoms with E-state index in [0.29, 0.717) is 25.0 Å². The Hall–Kier alpha value is -1.88. The maximum absolute atomic E-state index is 5.59. The highest BCUT2D eigenvalue weighted by Crippen LogP contribution is 2.25. The topological polar surface area (TPSA) is 57.4 Å². The fourth-order valence-electron chi connectivity index (χ4n) is 1.77. The van der Waals surface area contributed by atoms with Crippen molar-refractivity contribution in [1.29, 1.82) is 0 Å². The second-order valence-electron chi connectivity index (χ2n) is 4.77. The molecule has 1 aromatic carbocycles. The third-order valence-electron chi connectivity index (χ3n) is 2.73. The van der Waals surface area contributed by atoms with Crippen LogP contribution in [-0.2, 0) is 11.3 Å². The molecule has 0 bridgehead atoms. The Balaban J connectivity index is 2.13. The van der Waals surface area contributed by atoms with Gasteiger partial charge in [0.15, 0.2) is 0 Å². The van der Waals surface area contributed by atoms with Gasteiger partial charge in [-0.1, -0.05) is 0 Å². The van der Waals surface area contributed by atoms with Crippen LogP contribution in [0.4, 0.5) is 0 Å². The molecule has 0 fully saturated rings. The molecule has 0 aliphatic rings. The fraction of sp³-hybridized carbons (Fsp3) is 0.467. The van der Waals surface area contributed by atoms with Crippen LogP contribution in [0.25, 0.3) is 11.5 Å². The fourth-order valence-corrected chi connectivity index (χ4v) is 1.77. The molecule has 1 aromatic heterocycles. The van der Waals surface area contributed by atoms with E-state index in [2.05, 4.69) is 10.2 Å². The number of nitrogens with zero attached hydrogens (tertiary/aromatic N) is 2. The highest BCUT2D eigenvalue weighted by Gasteiger charge is 2.11. The van der Waals surface area contributed by atoms with E-state index in [-0.39, 0.29) is 6.10 Å². The summed E-state index contributed by atoms with van der Waals surface area (Å²) in [6, 6.07) is 5.81. The SMILES string of the molecule is CCOc1ccc(-c2nnc(COC(C)C)o2)cc1C. The number of aromatic nitrogens is 2. The first kappa shape index (κ1) is 14.5. The number of ether oxygens (including phenoxy) is 2. The van der Waals surface area contributed by atoms with Crippen molar-refractivity contribution in [2.75, 3.05) is 6.61 Å². The van der Waals surface area contributed by atoms with Gasteiger partial charge in [-0.25, -0.2) is 0 Å². The molecule has 0 N–H and O–H groups in total. The third kappa shape index (κ3) is 3.57. The minimum Gasteiger partial charge on any atom is -0.494 e. The lowest BCUT2D eigenvalue weighted by Crippen LogP contribution is -2.02. The minimum atomic E-state index is 0.137. The standard InChI is InChI=1S/C15H20N2O3/c1-5-18-13-7-6-12(8-11(13)4)15-17-16-14(20-15)9-19-10(2)3/h6-8,10H,5,9H2,1-4H3. The lowest BCUT2D eigenvalue weighted by Gasteiger charge is -2.07. The van der Waals surface area contributed by atoms with Crippen LogP contribution in [0.15, 0.2) is 22.6 Å². The lowest BCUT2D eigenvalue weighted by molar-refractivity contribution is 0.0519. The van der Waals surface area contributed by atoms with Gasteiger partial charge in [0, 0.05) is 5.56 Å². The van der Waals surface area contributed by atoms with Gasteiger partial charge in [0.25, 0.3) is 0 Å². The molecule has 0 saturated carbocycles. The maximum atomic E-state index is 5.59. The van der Waals surface area contributed by atoms with Crippen molar-refractivity contribution < 1.29 is 13.9 Å². The van der Waals surface area contributed by atoms with E-state index in [1.165, 1.54) is 0 Å². The summed E-state index contributed by atoms with van der Waals surface area (Å²) in [5, 5.41) is 8.02. The van der Waals surface area contributed by atoms with Crippen molar-refractivity contribution in [3.63, 3.8) is 0 Å². The number of hydrogen-bond donors (Lipinski definition) is 0. The molecule has 0 atom stereocenters. The monoisotopic (exact) mass is 276 g/mol. The molecule has 5 heteroatoms. The highest BCUT2D eigenvalue weighted by atomic mass is 16.5. The Morgan fingerprint density at radius 2 is 2.05 bits per heavy atom. The van der Waals surface area contributed by atoms with Crippen molar-refractivity contribution in [3.05, 3.63) is 29.7 Å². The molecule has 0 aliphatic carbocycles. The molecule has 2 rings (SSSR count). The first-order valence-electron chi connectivity index (χ1n) is 6.78. The van der Waals surface area contributed by atoms with Crippen LogP contribution >= 0.6 is 0 Å². The molecular formula is C15H20N2O3. The maximum Gasteiger partial charge on any atom is 0.247 e. The number of benzene rings is 1. The van der Waals surface area contributed by atoms with E-state index in [1.807, 2.05) is 45.9 Å². The van der Waals surface area contributed by atoms with Crippen molar-refractivity contribution in [2.24, 2.45) is 0 Å². The van der Waals surface area contributed by atoms with Gasteiger partial charge >= 0.3 is 0 Å². The van der Waals surface area contributed by atoms with Crippen LogP contribution in [0, 0.1) is 6.92 Å². The van der Waals surface area contributed by atoms with E-state index in [0.717, 1.165) is 16.9 Å². The molecule has 108 valence electrons. The quantitative estimate of drug-likeness (QED) is 0.809. The van der Waals surface area contributed by atoms with Crippen LogP contribution in [0.2, 0.25) is 0 Å². The van der Waals surface area contributed by atoms with E-state index in [1.54, 1.807) is 0 Å². The molecule has 1 heterocycles. The third-order valence-corrected chi connectivity index (χ3v) is 2.73. The molecule has 0 unspecified atom stereocenters. The first-order chi connectivity index (χ1) is 9.60. The van der Waals surface area contributed by atoms with Crippen molar-refractivity contribution in [1.82, 2.24) is 10.2 Å². The van der Waals surface area contributed by atoms with Gasteiger partial charge < -0.3 is 13.9 Å². The summed E-state index contributed by atoms with van der Waals surface area (Å²) >= 11 is 0. The van der Waals surface area contributed by atoms with Crippen molar-refractivity contribution in [2.45, 2.75) is 40.4 Å². The van der Waals surface area contributed by atoms with Gasteiger partial charge in [-0.05, 0) is 51.5 Å². The van der Waals surface area contributed by atoms with Crippen molar-refractivity contribution >= 4 is 0 Å². The Bertz CT molecular complexity index is 564. The predicted octanol–water partition coefficient (Wildman–Crippen LogP) is 3.37. The van der Waals surface area contributed by atoms with Crippen LogP contribution in [0.5, 0.6) is 5.75 Å². The zero-order chi connectivity index (χ0) is 14.5. The van der Waals surface area contributed by atoms with Gasteiger partial charge in [0.2, 0.25) is 11.8 Å². The second kappa shape index (κ2) is 6.52. The van der Waals surface area contributed by atoms with Gasteiger partial charge in [-0.3, -0.25) is 0 Å². The normalized spacial score (nSPS) is 11.1. The Morgan fingerprint density at radius 3 is 2.70 bits per heavy atom. The highest BCUT2D eigenvalue weighted by molar-refractivity contribution is 5.56. The number of aryl methyl sites for hydroxylation is 1. The predicted molar refractivity (Wildman–Crippen MR) is 75.6 cm³/mol. The van der Waals surface area contributed by atoms with Gasteiger partial charge in [-0.15, -0.1) is 10.2 Å². The summed E-state index contributed by atoms with van der Waals surface area (Å²) in [6.45, 7) is 8.87. The second-order valence-corrected chi connectivity index (χ2v) is 4.77. The summed E-state index contributed by atoms with van der Waals surface area (Å²) in [4.78, 5) is 0. The van der Waals surface area contributed by atoms with Crippen LogP contribution < -0.4 is 4.74 Å². The summed E-state index contributed by atoms with van der Waals surface area (Å²) in [7, 11) is 0. The van der Waals surface area contributed by atoms with E-state index < -0.39 is 0 Å². The average Bonchev–Trinajstić information content (AvgIpc) is 2.88. The first-order valence-corrected chi connectivity index (χ1v) is 6.78. The van der Waals surface area contributed by atoms with E-state index >= 15 is 0 Å². The van der Waals surface area contributed by atoms with Crippen LogP contribution in [0.3, 0.4) is 0 Å². The Morgan fingerprint density at radius 1 is 1.25 bits per heavy atom. The molecule has 0 amide bonds. The summed E-state index contributed by atoms with van der Waals surface area (Å²) < 4.78 is 16.5. The molecule has 0 spiro atoms. The zero-order valence-electron chi connectivity index (χ0n) is 12.3. The van der Waals surface area contributed by atoms with Crippen molar-refractivity contribution in [3.8, 4) is 17.2 Å². The van der Waals surface area contributed by atoms with Crippen LogP contribution in [0.1, 0.15) is 32.2 Å². The number of rotatable bonds is 6. The smallest absolute Gasteiger partial charge is 0.247 e. The molecule has 20 heavy (non-hydrogen) atoms. The number of hydrogen-bond acceptors (Lipinski definition) is 5. The Kier molecular flexibility index (Phi) is 4.74. The summed E-state index contributed by atoms with van der Waals surface area (Å²) in [6.07, 6.45) is 0.137. The molecule has 0 radical (unpaired) electrons. The lowest BCUT2D eigenvalue weighted by atomic mass is 10.1. The van der Waals surface area contributed by atoms with Crippen LogP contribution in [-0.4, -0.2) is 22.9 Å². The van der Waals surface area contributed by atoms with Gasteiger partial charge in [-0.2, -0.15) is 0 Å². The molecule has 2 aromatic rings. The molecule has 0 aliphatic heterocycles. The van der Waals surface area contributed by atoms with E-state index in [9.17, 15) is 0 Å². The summed E-state index contributed by atoms with van der Waals surface area (Å²) in [5.41, 5.74) is 1.93. The van der Waals surface area contributed by atoms with E-state index in [4.69, 9.17) is 13.9 Å². The van der Waals surface area contributed by atoms with Gasteiger partial charge in [0.05, 0.1) is 12.7 Å². The molecular weight excluding hydrogens is 256 g/mol. The average molecular weight is 276 g/mol. The minimum absolute atomic E-state index is 0.137. The molecule has 0 saturated heterocycles. The summed E-state index contributed by atoms with van der Waals surface area (Å²) in [5.74, 6) is 1.86. The van der Waals surface area contributed by atoms with Gasteiger partial charge in [0.1, 0.15) is 12.4 Å². The molecule has 5 nitrogen and oxygen atoms in total. The Labute approximate surface area is 118 Å².